The van der Waals surface area contributed by atoms with Crippen molar-refractivity contribution in [2.24, 2.45) is 0 Å². The van der Waals surface area contributed by atoms with Gasteiger partial charge in [-0.05, 0) is 23.6 Å². The number of phenolic OH excluding ortho intramolecular Hbond substituents is 1. The smallest absolute Gasteiger partial charge is 0.504 e. The zero-order chi connectivity index (χ0) is 10.7. The van der Waals surface area contributed by atoms with E-state index in [0.717, 1.165) is 5.56 Å². The van der Waals surface area contributed by atoms with Crippen molar-refractivity contribution < 1.29 is 19.7 Å². The van der Waals surface area contributed by atoms with E-state index in [2.05, 4.69) is 4.74 Å². The first kappa shape index (κ1) is 10.4. The number of hydrogen-bond donors (Lipinski definition) is 2. The largest absolute Gasteiger partial charge is 0.511 e. The Morgan fingerprint density at radius 3 is 2.50 bits per heavy atom. The molecule has 0 radical (unpaired) electrons. The Bertz CT molecular complexity index is 344. The van der Waals surface area contributed by atoms with E-state index < -0.39 is 6.16 Å². The molecule has 0 amide bonds. The van der Waals surface area contributed by atoms with Crippen LogP contribution in [0.5, 0.6) is 11.5 Å². The van der Waals surface area contributed by atoms with Crippen LogP contribution in [0.1, 0.15) is 25.3 Å². The highest BCUT2D eigenvalue weighted by Gasteiger charge is 2.08. The van der Waals surface area contributed by atoms with E-state index in [1.165, 1.54) is 12.1 Å². The predicted molar refractivity (Wildman–Crippen MR) is 50.8 cm³/mol. The molecular formula is C10H12O4. The molecule has 0 unspecified atom stereocenters. The van der Waals surface area contributed by atoms with Crippen LogP contribution in [-0.4, -0.2) is 16.4 Å². The van der Waals surface area contributed by atoms with Gasteiger partial charge in [0.05, 0.1) is 0 Å². The summed E-state index contributed by atoms with van der Waals surface area (Å²) in [6.45, 7) is 3.96. The second kappa shape index (κ2) is 4.00. The van der Waals surface area contributed by atoms with Gasteiger partial charge >= 0.3 is 6.16 Å². The molecule has 0 heterocycles. The van der Waals surface area contributed by atoms with Crippen molar-refractivity contribution in [1.29, 1.82) is 0 Å². The van der Waals surface area contributed by atoms with Crippen LogP contribution >= 0.6 is 0 Å². The highest BCUT2D eigenvalue weighted by atomic mass is 16.7. The van der Waals surface area contributed by atoms with E-state index in [1.807, 2.05) is 13.8 Å². The number of carboxylic acid groups (broad SMARTS) is 1. The third kappa shape index (κ3) is 2.39. The lowest BCUT2D eigenvalue weighted by molar-refractivity contribution is 0.143. The first-order valence-electron chi connectivity index (χ1n) is 4.24. The lowest BCUT2D eigenvalue weighted by Gasteiger charge is -2.08. The molecule has 1 rings (SSSR count). The van der Waals surface area contributed by atoms with E-state index in [-0.39, 0.29) is 17.4 Å². The molecule has 0 saturated carbocycles. The molecule has 0 saturated heterocycles. The molecule has 0 atom stereocenters. The van der Waals surface area contributed by atoms with E-state index in [9.17, 15) is 9.90 Å². The summed E-state index contributed by atoms with van der Waals surface area (Å²) in [4.78, 5) is 10.2. The molecule has 0 aliphatic rings. The first-order valence-corrected chi connectivity index (χ1v) is 4.24. The van der Waals surface area contributed by atoms with Gasteiger partial charge in [-0.3, -0.25) is 0 Å². The van der Waals surface area contributed by atoms with Crippen molar-refractivity contribution in [2.45, 2.75) is 19.8 Å². The van der Waals surface area contributed by atoms with Crippen LogP contribution in [-0.2, 0) is 0 Å². The maximum atomic E-state index is 10.2. The number of aromatic hydroxyl groups is 1. The Morgan fingerprint density at radius 2 is 2.07 bits per heavy atom. The van der Waals surface area contributed by atoms with Crippen LogP contribution in [0.4, 0.5) is 4.79 Å². The van der Waals surface area contributed by atoms with Crippen molar-refractivity contribution in [3.8, 4) is 11.5 Å². The summed E-state index contributed by atoms with van der Waals surface area (Å²) in [6, 6.07) is 4.67. The molecule has 1 aromatic rings. The van der Waals surface area contributed by atoms with Crippen LogP contribution in [0.3, 0.4) is 0 Å². The Kier molecular flexibility index (Phi) is 2.96. The molecule has 0 aromatic heterocycles. The van der Waals surface area contributed by atoms with Crippen LogP contribution in [0, 0.1) is 0 Å². The van der Waals surface area contributed by atoms with Crippen LogP contribution in [0.25, 0.3) is 0 Å². The number of rotatable bonds is 2. The molecule has 0 fully saturated rings. The molecular weight excluding hydrogens is 184 g/mol. The Balaban J connectivity index is 2.95. The van der Waals surface area contributed by atoms with Gasteiger partial charge in [0.1, 0.15) is 0 Å². The van der Waals surface area contributed by atoms with Crippen LogP contribution < -0.4 is 4.74 Å². The summed E-state index contributed by atoms with van der Waals surface area (Å²) in [5.74, 6) is 0.0836. The summed E-state index contributed by atoms with van der Waals surface area (Å²) >= 11 is 0. The summed E-state index contributed by atoms with van der Waals surface area (Å²) < 4.78 is 4.35. The normalized spacial score (nSPS) is 10.2. The highest BCUT2D eigenvalue weighted by molar-refractivity contribution is 5.63. The number of benzene rings is 1. The standard InChI is InChI=1S/C10H12O4/c1-6(2)7-3-4-9(8(11)5-7)14-10(12)13/h3-6,11H,1-2H3,(H,12,13). The van der Waals surface area contributed by atoms with Gasteiger partial charge in [-0.2, -0.15) is 0 Å². The van der Waals surface area contributed by atoms with Crippen molar-refractivity contribution >= 4 is 6.16 Å². The van der Waals surface area contributed by atoms with Gasteiger partial charge in [0.25, 0.3) is 0 Å². The zero-order valence-corrected chi connectivity index (χ0v) is 8.02. The van der Waals surface area contributed by atoms with E-state index in [4.69, 9.17) is 5.11 Å². The van der Waals surface area contributed by atoms with Crippen molar-refractivity contribution in [3.63, 3.8) is 0 Å². The number of phenols is 1. The first-order chi connectivity index (χ1) is 6.50. The minimum absolute atomic E-state index is 0.0399. The minimum atomic E-state index is -1.43. The van der Waals surface area contributed by atoms with Gasteiger partial charge in [0.2, 0.25) is 0 Å². The van der Waals surface area contributed by atoms with Gasteiger partial charge in [-0.1, -0.05) is 19.9 Å². The van der Waals surface area contributed by atoms with Gasteiger partial charge < -0.3 is 14.9 Å². The van der Waals surface area contributed by atoms with E-state index >= 15 is 0 Å². The quantitative estimate of drug-likeness (QED) is 0.563. The lowest BCUT2D eigenvalue weighted by atomic mass is 10.0. The maximum Gasteiger partial charge on any atom is 0.511 e. The van der Waals surface area contributed by atoms with Gasteiger partial charge in [0.15, 0.2) is 11.5 Å². The number of hydrogen-bond acceptors (Lipinski definition) is 3. The van der Waals surface area contributed by atoms with Crippen LogP contribution in [0.15, 0.2) is 18.2 Å². The van der Waals surface area contributed by atoms with Crippen molar-refractivity contribution in [2.75, 3.05) is 0 Å². The third-order valence-corrected chi connectivity index (χ3v) is 1.85. The molecule has 76 valence electrons. The van der Waals surface area contributed by atoms with Crippen molar-refractivity contribution in [1.82, 2.24) is 0 Å². The average molecular weight is 196 g/mol. The fraction of sp³-hybridized carbons (Fsp3) is 0.300. The van der Waals surface area contributed by atoms with Gasteiger partial charge in [0, 0.05) is 0 Å². The summed E-state index contributed by atoms with van der Waals surface area (Å²) in [6.07, 6.45) is -1.43. The monoisotopic (exact) mass is 196 g/mol. The van der Waals surface area contributed by atoms with Crippen molar-refractivity contribution in [3.05, 3.63) is 23.8 Å². The zero-order valence-electron chi connectivity index (χ0n) is 8.02. The van der Waals surface area contributed by atoms with E-state index in [0.29, 0.717) is 0 Å². The highest BCUT2D eigenvalue weighted by Crippen LogP contribution is 2.29. The van der Waals surface area contributed by atoms with Gasteiger partial charge in [-0.25, -0.2) is 4.79 Å². The molecule has 4 nitrogen and oxygen atoms in total. The summed E-state index contributed by atoms with van der Waals surface area (Å²) in [5, 5.41) is 17.7. The lowest BCUT2D eigenvalue weighted by Crippen LogP contribution is -2.03. The third-order valence-electron chi connectivity index (χ3n) is 1.85. The topological polar surface area (TPSA) is 66.8 Å². The molecule has 0 bridgehead atoms. The fourth-order valence-corrected chi connectivity index (χ4v) is 1.07. The average Bonchev–Trinajstić information content (AvgIpc) is 2.07. The summed E-state index contributed by atoms with van der Waals surface area (Å²) in [5.41, 5.74) is 0.931. The van der Waals surface area contributed by atoms with Crippen LogP contribution in [0.2, 0.25) is 0 Å². The number of carbonyl (C=O) groups is 1. The molecule has 2 N–H and O–H groups in total. The Labute approximate surface area is 81.8 Å². The molecule has 4 heteroatoms. The molecule has 0 aliphatic carbocycles. The summed E-state index contributed by atoms with van der Waals surface area (Å²) in [7, 11) is 0. The molecule has 1 aromatic carbocycles. The maximum absolute atomic E-state index is 10.2. The minimum Gasteiger partial charge on any atom is -0.504 e. The SMILES string of the molecule is CC(C)c1ccc(OC(=O)O)c(O)c1. The van der Waals surface area contributed by atoms with E-state index in [1.54, 1.807) is 6.07 Å². The predicted octanol–water partition coefficient (Wildman–Crippen LogP) is 2.57. The molecule has 0 aliphatic heterocycles. The van der Waals surface area contributed by atoms with Gasteiger partial charge in [-0.15, -0.1) is 0 Å². The second-order valence-corrected chi connectivity index (χ2v) is 3.25. The Morgan fingerprint density at radius 1 is 1.43 bits per heavy atom. The molecule has 14 heavy (non-hydrogen) atoms. The fourth-order valence-electron chi connectivity index (χ4n) is 1.07. The number of ether oxygens (including phenoxy) is 1. The Hall–Kier alpha value is -1.71. The molecule has 0 spiro atoms. The second-order valence-electron chi connectivity index (χ2n) is 3.25.